The number of nitrogens with zero attached hydrogens (tertiary/aromatic N) is 3. The van der Waals surface area contributed by atoms with E-state index in [2.05, 4.69) is 17.3 Å². The zero-order valence-electron chi connectivity index (χ0n) is 11.2. The molecule has 19 heavy (non-hydrogen) atoms. The minimum Gasteiger partial charge on any atom is -0.328 e. The van der Waals surface area contributed by atoms with E-state index in [0.717, 1.165) is 25.1 Å². The summed E-state index contributed by atoms with van der Waals surface area (Å²) in [5.74, 6) is -0.0534. The lowest BCUT2D eigenvalue weighted by molar-refractivity contribution is -0.122. The number of amides is 1. The lowest BCUT2D eigenvalue weighted by Crippen LogP contribution is -2.31. The first-order valence-electron chi connectivity index (χ1n) is 6.53. The van der Waals surface area contributed by atoms with Gasteiger partial charge in [-0.2, -0.15) is 5.10 Å². The summed E-state index contributed by atoms with van der Waals surface area (Å²) in [6.45, 7) is 5.54. The third-order valence-electron chi connectivity index (χ3n) is 3.04. The van der Waals surface area contributed by atoms with Gasteiger partial charge in [0.25, 0.3) is 5.91 Å². The molecule has 0 saturated carbocycles. The van der Waals surface area contributed by atoms with E-state index in [4.69, 9.17) is 12.2 Å². The Bertz CT molecular complexity index is 520. The van der Waals surface area contributed by atoms with Gasteiger partial charge in [-0.3, -0.25) is 14.4 Å². The van der Waals surface area contributed by atoms with Gasteiger partial charge in [-0.05, 0) is 37.7 Å². The minimum absolute atomic E-state index is 0.0534. The quantitative estimate of drug-likeness (QED) is 0.658. The van der Waals surface area contributed by atoms with E-state index >= 15 is 0 Å². The van der Waals surface area contributed by atoms with E-state index in [1.807, 2.05) is 17.7 Å². The molecule has 1 aromatic rings. The molecule has 6 heteroatoms. The molecule has 1 amide bonds. The summed E-state index contributed by atoms with van der Waals surface area (Å²) in [6.07, 6.45) is 5.52. The molecule has 102 valence electrons. The van der Waals surface area contributed by atoms with E-state index in [9.17, 15) is 4.79 Å². The van der Waals surface area contributed by atoms with Gasteiger partial charge in [-0.15, -0.1) is 0 Å². The van der Waals surface area contributed by atoms with Crippen LogP contribution in [0.25, 0.3) is 6.08 Å². The molecule has 0 atom stereocenters. The van der Waals surface area contributed by atoms with E-state index in [0.29, 0.717) is 17.4 Å². The van der Waals surface area contributed by atoms with Crippen LogP contribution in [0.4, 0.5) is 0 Å². The van der Waals surface area contributed by atoms with Crippen LogP contribution < -0.4 is 5.32 Å². The van der Waals surface area contributed by atoms with Gasteiger partial charge in [-0.1, -0.05) is 13.3 Å². The van der Waals surface area contributed by atoms with E-state index in [1.165, 1.54) is 0 Å². The summed E-state index contributed by atoms with van der Waals surface area (Å²) < 4.78 is 1.83. The molecule has 1 aromatic heterocycles. The fourth-order valence-electron chi connectivity index (χ4n) is 1.97. The fraction of sp³-hybridized carbons (Fsp3) is 0.462. The molecule has 1 saturated heterocycles. The third kappa shape index (κ3) is 2.84. The highest BCUT2D eigenvalue weighted by atomic mass is 32.1. The number of carbonyl (C=O) groups excluding carboxylic acids is 1. The molecule has 1 fully saturated rings. The van der Waals surface area contributed by atoms with Gasteiger partial charge in [-0.25, -0.2) is 0 Å². The molecule has 1 aliphatic rings. The first kappa shape index (κ1) is 13.7. The van der Waals surface area contributed by atoms with Crippen molar-refractivity contribution in [1.29, 1.82) is 0 Å². The summed E-state index contributed by atoms with van der Waals surface area (Å²) in [6, 6.07) is 1.88. The summed E-state index contributed by atoms with van der Waals surface area (Å²) in [7, 11) is 0. The maximum Gasteiger partial charge on any atom is 0.276 e. The molecule has 5 nitrogen and oxygen atoms in total. The van der Waals surface area contributed by atoms with Crippen LogP contribution >= 0.6 is 12.2 Å². The van der Waals surface area contributed by atoms with Gasteiger partial charge >= 0.3 is 0 Å². The summed E-state index contributed by atoms with van der Waals surface area (Å²) in [5.41, 5.74) is 1.43. The van der Waals surface area contributed by atoms with Gasteiger partial charge in [0.1, 0.15) is 5.70 Å². The molecule has 0 aliphatic carbocycles. The van der Waals surface area contributed by atoms with Crippen molar-refractivity contribution in [2.24, 2.45) is 0 Å². The maximum atomic E-state index is 12.2. The molecule has 0 radical (unpaired) electrons. The third-order valence-corrected chi connectivity index (χ3v) is 3.36. The molecule has 0 spiro atoms. The SMILES string of the molecule is CCCCN1C(=O)/C(=C\c2ccnn2CC)NC1=S. The van der Waals surface area contributed by atoms with Crippen molar-refractivity contribution in [1.82, 2.24) is 20.0 Å². The summed E-state index contributed by atoms with van der Waals surface area (Å²) in [4.78, 5) is 13.8. The van der Waals surface area contributed by atoms with Crippen molar-refractivity contribution < 1.29 is 4.79 Å². The van der Waals surface area contributed by atoms with E-state index < -0.39 is 0 Å². The van der Waals surface area contributed by atoms with Crippen LogP contribution in [0, 0.1) is 0 Å². The molecular weight excluding hydrogens is 260 g/mol. The van der Waals surface area contributed by atoms with Crippen molar-refractivity contribution in [2.75, 3.05) is 6.54 Å². The number of aromatic nitrogens is 2. The number of nitrogens with one attached hydrogen (secondary N) is 1. The van der Waals surface area contributed by atoms with Gasteiger partial charge in [0.05, 0.1) is 5.69 Å². The predicted octanol–water partition coefficient (Wildman–Crippen LogP) is 1.76. The fourth-order valence-corrected chi connectivity index (χ4v) is 2.25. The minimum atomic E-state index is -0.0534. The van der Waals surface area contributed by atoms with Crippen molar-refractivity contribution in [2.45, 2.75) is 33.2 Å². The number of hydrogen-bond donors (Lipinski definition) is 1. The van der Waals surface area contributed by atoms with Crippen LogP contribution in [0.3, 0.4) is 0 Å². The molecule has 0 unspecified atom stereocenters. The average Bonchev–Trinajstić information content (AvgIpc) is 2.94. The largest absolute Gasteiger partial charge is 0.328 e. The van der Waals surface area contributed by atoms with Crippen molar-refractivity contribution in [3.63, 3.8) is 0 Å². The van der Waals surface area contributed by atoms with Crippen LogP contribution in [0.1, 0.15) is 32.4 Å². The van der Waals surface area contributed by atoms with Crippen LogP contribution in [0.5, 0.6) is 0 Å². The standard InChI is InChI=1S/C13H18N4OS/c1-3-5-8-16-12(18)11(15-13(16)19)9-10-6-7-14-17(10)4-2/h6-7,9H,3-5,8H2,1-2H3,(H,15,19)/b11-9+. The number of thiocarbonyl (C=S) groups is 1. The number of unbranched alkanes of at least 4 members (excludes halogenated alkanes) is 1. The Balaban J connectivity index is 2.18. The Kier molecular flexibility index (Phi) is 4.31. The molecule has 2 rings (SSSR count). The van der Waals surface area contributed by atoms with Crippen LogP contribution in [-0.2, 0) is 11.3 Å². The Labute approximate surface area is 118 Å². The Hall–Kier alpha value is -1.69. The zero-order valence-corrected chi connectivity index (χ0v) is 12.0. The molecule has 1 N–H and O–H groups in total. The number of rotatable bonds is 5. The molecule has 0 aromatic carbocycles. The summed E-state index contributed by atoms with van der Waals surface area (Å²) >= 11 is 5.20. The predicted molar refractivity (Wildman–Crippen MR) is 78.2 cm³/mol. The highest BCUT2D eigenvalue weighted by Crippen LogP contribution is 2.14. The smallest absolute Gasteiger partial charge is 0.276 e. The van der Waals surface area contributed by atoms with E-state index in [-0.39, 0.29) is 5.91 Å². The van der Waals surface area contributed by atoms with E-state index in [1.54, 1.807) is 17.2 Å². The maximum absolute atomic E-state index is 12.2. The topological polar surface area (TPSA) is 50.2 Å². The second kappa shape index (κ2) is 5.97. The highest BCUT2D eigenvalue weighted by molar-refractivity contribution is 7.80. The van der Waals surface area contributed by atoms with Gasteiger partial charge < -0.3 is 5.32 Å². The van der Waals surface area contributed by atoms with Crippen LogP contribution in [0.15, 0.2) is 18.0 Å². The Morgan fingerprint density at radius 1 is 1.47 bits per heavy atom. The second-order valence-corrected chi connectivity index (χ2v) is 4.76. The zero-order chi connectivity index (χ0) is 13.8. The monoisotopic (exact) mass is 278 g/mol. The van der Waals surface area contributed by atoms with Crippen molar-refractivity contribution >= 4 is 29.3 Å². The van der Waals surface area contributed by atoms with Crippen LogP contribution in [0.2, 0.25) is 0 Å². The number of aryl methyl sites for hydroxylation is 1. The van der Waals surface area contributed by atoms with Gasteiger partial charge in [0.15, 0.2) is 5.11 Å². The second-order valence-electron chi connectivity index (χ2n) is 4.37. The Morgan fingerprint density at radius 2 is 2.26 bits per heavy atom. The molecule has 0 bridgehead atoms. The molecular formula is C13H18N4OS. The van der Waals surface area contributed by atoms with Crippen molar-refractivity contribution in [3.8, 4) is 0 Å². The molecule has 2 heterocycles. The first-order chi connectivity index (χ1) is 9.17. The normalized spacial score (nSPS) is 17.4. The lowest BCUT2D eigenvalue weighted by atomic mass is 10.3. The number of carbonyl (C=O) groups is 1. The van der Waals surface area contributed by atoms with Gasteiger partial charge in [0, 0.05) is 19.3 Å². The van der Waals surface area contributed by atoms with Crippen LogP contribution in [-0.4, -0.2) is 32.2 Å². The van der Waals surface area contributed by atoms with Crippen molar-refractivity contribution in [3.05, 3.63) is 23.7 Å². The lowest BCUT2D eigenvalue weighted by Gasteiger charge is -2.12. The first-order valence-corrected chi connectivity index (χ1v) is 6.94. The highest BCUT2D eigenvalue weighted by Gasteiger charge is 2.30. The average molecular weight is 278 g/mol. The molecule has 1 aliphatic heterocycles. The van der Waals surface area contributed by atoms with Gasteiger partial charge in [0.2, 0.25) is 0 Å². The number of hydrogen-bond acceptors (Lipinski definition) is 3. The Morgan fingerprint density at radius 3 is 2.95 bits per heavy atom. The summed E-state index contributed by atoms with van der Waals surface area (Å²) in [5, 5.41) is 7.65.